The molecular weight excluding hydrogens is 1630 g/mol. The Morgan fingerprint density at radius 2 is 0.683 bits per heavy atom. The van der Waals surface area contributed by atoms with Gasteiger partial charge in [-0.1, -0.05) is 24.9 Å². The lowest BCUT2D eigenvalue weighted by Crippen LogP contribution is -2.39. The predicted octanol–water partition coefficient (Wildman–Crippen LogP) is 14.5. The molecule has 0 spiro atoms. The number of aromatic nitrogens is 7. The molecule has 3 aliphatic rings. The fourth-order valence-electron chi connectivity index (χ4n) is 14.4. The molecule has 0 radical (unpaired) electrons. The van der Waals surface area contributed by atoms with Gasteiger partial charge in [0.15, 0.2) is 0 Å². The smallest absolute Gasteiger partial charge is 0.258 e. The average Bonchev–Trinajstić information content (AvgIpc) is 1.59. The molecule has 27 heteroatoms. The number of anilines is 7. The largest absolute Gasteiger partial charge is 0.387 e. The summed E-state index contributed by atoms with van der Waals surface area (Å²) in [4.78, 5) is 90.1. The first-order chi connectivity index (χ1) is 59.3. The highest BCUT2D eigenvalue weighted by Gasteiger charge is 2.21. The number of ether oxygens (including phenoxy) is 1. The average molecular weight is 1750 g/mol. The Morgan fingerprint density at radius 3 is 1.02 bits per heavy atom. The number of halogens is 2. The monoisotopic (exact) mass is 1750 g/mol. The molecule has 0 atom stereocenters. The predicted molar refractivity (Wildman–Crippen MR) is 518 cm³/mol. The van der Waals surface area contributed by atoms with Crippen LogP contribution in [0.3, 0.4) is 0 Å². The third-order valence-corrected chi connectivity index (χ3v) is 23.1. The van der Waals surface area contributed by atoms with Gasteiger partial charge in [0.1, 0.15) is 0 Å². The van der Waals surface area contributed by atoms with Crippen LogP contribution < -0.4 is 76.1 Å². The van der Waals surface area contributed by atoms with Gasteiger partial charge in [-0.15, -0.1) is 0 Å². The molecule has 0 amide bonds. The molecule has 3 fully saturated rings. The van der Waals surface area contributed by atoms with Gasteiger partial charge in [-0.05, 0) is 277 Å². The number of likely N-dealkylation sites (tertiary alicyclic amines) is 1. The van der Waals surface area contributed by atoms with Crippen LogP contribution in [0.5, 0.6) is 0 Å². The lowest BCUT2D eigenvalue weighted by molar-refractivity contribution is 0.0398. The van der Waals surface area contributed by atoms with Gasteiger partial charge in [0, 0.05) is 249 Å². The van der Waals surface area contributed by atoms with E-state index in [0.717, 1.165) is 205 Å². The molecule has 648 valence electrons. The molecule has 0 bridgehead atoms. The van der Waals surface area contributed by atoms with Crippen molar-refractivity contribution in [3.8, 4) is 0 Å². The third-order valence-electron chi connectivity index (χ3n) is 22.1. The maximum absolute atomic E-state index is 12.0. The summed E-state index contributed by atoms with van der Waals surface area (Å²) in [6.07, 6.45) is 20.4. The Kier molecular flexibility index (Phi) is 33.1. The highest BCUT2D eigenvalue weighted by atomic mass is 79.9. The molecule has 0 unspecified atom stereocenters. The summed E-state index contributed by atoms with van der Waals surface area (Å²) in [7, 11) is 20.1. The first-order valence-corrected chi connectivity index (χ1v) is 43.2. The first kappa shape index (κ1) is 92.0. The van der Waals surface area contributed by atoms with Crippen molar-refractivity contribution < 1.29 is 4.74 Å². The number of hydrogen-bond donors (Lipinski definition) is 7. The second-order valence-electron chi connectivity index (χ2n) is 31.7. The molecule has 9 heterocycles. The molecular formula is C96H117BrClN17O8. The first-order valence-electron chi connectivity index (χ1n) is 42.0. The summed E-state index contributed by atoms with van der Waals surface area (Å²) < 4.78 is 17.4. The maximum Gasteiger partial charge on any atom is 0.258 e. The van der Waals surface area contributed by atoms with E-state index in [0.29, 0.717) is 10.4 Å². The summed E-state index contributed by atoms with van der Waals surface area (Å²) in [5, 5.41) is 35.6. The minimum absolute atomic E-state index is 0.0239. The van der Waals surface area contributed by atoms with E-state index in [4.69, 9.17) is 16.3 Å². The van der Waals surface area contributed by atoms with Gasteiger partial charge in [0.2, 0.25) is 0 Å². The molecule has 1 aliphatic carbocycles. The van der Waals surface area contributed by atoms with Gasteiger partial charge in [-0.25, -0.2) is 0 Å². The van der Waals surface area contributed by atoms with Crippen molar-refractivity contribution >= 4 is 143 Å². The Bertz CT molecular complexity index is 6210. The van der Waals surface area contributed by atoms with Crippen molar-refractivity contribution in [2.24, 2.45) is 55.3 Å². The third kappa shape index (κ3) is 25.2. The van der Waals surface area contributed by atoms with E-state index < -0.39 is 0 Å². The number of benzene rings is 7. The summed E-state index contributed by atoms with van der Waals surface area (Å²) in [6, 6.07) is 50.7. The number of morpholine rings is 1. The zero-order valence-electron chi connectivity index (χ0n) is 72.8. The molecule has 7 aromatic carbocycles. The minimum atomic E-state index is -0.0305. The van der Waals surface area contributed by atoms with Gasteiger partial charge in [0.25, 0.3) is 38.9 Å². The van der Waals surface area contributed by atoms with Crippen LogP contribution in [0.2, 0.25) is 5.02 Å². The van der Waals surface area contributed by atoms with Crippen molar-refractivity contribution in [2.45, 2.75) is 45.4 Å². The number of rotatable bonds is 20. The summed E-state index contributed by atoms with van der Waals surface area (Å²) in [5.74, 6) is 0.856. The van der Waals surface area contributed by atoms with Gasteiger partial charge in [-0.3, -0.25) is 38.5 Å². The zero-order valence-corrected chi connectivity index (χ0v) is 75.1. The normalized spacial score (nSPS) is 13.2. The molecule has 7 aromatic heterocycles. The summed E-state index contributed by atoms with van der Waals surface area (Å²) >= 11 is 9.44. The van der Waals surface area contributed by atoms with Crippen LogP contribution in [0.25, 0.3) is 75.4 Å². The van der Waals surface area contributed by atoms with E-state index in [-0.39, 0.29) is 38.9 Å². The van der Waals surface area contributed by atoms with Crippen molar-refractivity contribution in [2.75, 3.05) is 157 Å². The molecule has 123 heavy (non-hydrogen) atoms. The van der Waals surface area contributed by atoms with Crippen molar-refractivity contribution in [3.63, 3.8) is 0 Å². The fourth-order valence-corrected chi connectivity index (χ4v) is 15.2. The maximum atomic E-state index is 12.0. The number of aryl methyl sites for hydroxylation is 7. The number of fused-ring (bicyclic) bond motifs is 7. The van der Waals surface area contributed by atoms with Crippen LogP contribution in [0, 0.1) is 5.92 Å². The lowest BCUT2D eigenvalue weighted by atomic mass is 10.1. The minimum Gasteiger partial charge on any atom is -0.387 e. The number of hydrogen-bond acceptors (Lipinski definition) is 18. The standard InChI is InChI=1S/C17H23N3O.C16H21N3O2.C14H19N3O.C14H16N2O.C13H16N2O.C11H11BrN2O.C11H11ClN2O/c1-19-11-7-14-13-15(5-6-16(14)17(19)21)18-8-12-20-9-3-2-4-10-20;1-18-6-4-13-12-14(2-3-15(13)16(18)20)17-5-7-19-8-10-21-11-9-19;1-16(2)9-7-15-12-4-5-13-11(10-12)6-8-17(3)14(13)18;1-16-7-6-11-8-12(15-9-10-2-3-10)4-5-13(11)14(16)17;1-3-7-14-11-4-5-12-10(9-11)6-8-15(2)13(12)16;2*1-13-10-5-7-3-4-14(2)11(15)8(7)6-9(10)12/h5-7,11,13,18H,2-4,8-10,12H2,1H3;2-4,6,12,17H,5,7-11H2,1H3;4-6,8,10,15H,7,9H2,1-3H3;4-8,10,15H,2-3,9H2,1H3;4-6,8-9,14H,3,7H2,1-2H3;2*3-6,13H,1-2H3. The molecule has 17 rings (SSSR count). The molecule has 14 aromatic rings. The highest BCUT2D eigenvalue weighted by Crippen LogP contribution is 2.31. The number of likely N-dealkylation sites (N-methyl/N-ethyl adjacent to an activating group) is 1. The van der Waals surface area contributed by atoms with E-state index in [1.807, 2.05) is 179 Å². The lowest BCUT2D eigenvalue weighted by Gasteiger charge is -2.26. The van der Waals surface area contributed by atoms with Gasteiger partial charge >= 0.3 is 0 Å². The Labute approximate surface area is 730 Å². The van der Waals surface area contributed by atoms with Crippen molar-refractivity contribution in [1.29, 1.82) is 0 Å². The van der Waals surface area contributed by atoms with Crippen molar-refractivity contribution in [3.05, 3.63) is 283 Å². The number of piperidine rings is 1. The van der Waals surface area contributed by atoms with E-state index in [1.54, 1.807) is 115 Å². The van der Waals surface area contributed by atoms with Crippen LogP contribution in [-0.2, 0) is 54.1 Å². The fraction of sp³-hybridized carbons (Fsp3) is 0.344. The molecule has 2 saturated heterocycles. The van der Waals surface area contributed by atoms with Gasteiger partial charge in [-0.2, -0.15) is 0 Å². The van der Waals surface area contributed by atoms with E-state index in [9.17, 15) is 33.6 Å². The van der Waals surface area contributed by atoms with Crippen LogP contribution in [0.4, 0.5) is 39.8 Å². The summed E-state index contributed by atoms with van der Waals surface area (Å²) in [5.41, 5.74) is 7.47. The van der Waals surface area contributed by atoms with Crippen LogP contribution in [0.15, 0.2) is 239 Å². The van der Waals surface area contributed by atoms with Crippen LogP contribution in [-0.4, -0.2) is 167 Å². The number of nitrogens with one attached hydrogen (secondary N) is 7. The van der Waals surface area contributed by atoms with Gasteiger partial charge < -0.3 is 83.7 Å². The molecule has 2 aliphatic heterocycles. The van der Waals surface area contributed by atoms with Crippen LogP contribution >= 0.6 is 27.5 Å². The molecule has 7 N–H and O–H groups in total. The van der Waals surface area contributed by atoms with E-state index in [1.165, 1.54) is 49.8 Å². The Hall–Kier alpha value is -11.8. The second kappa shape index (κ2) is 44.3. The zero-order chi connectivity index (χ0) is 87.8. The number of nitrogens with zero attached hydrogens (tertiary/aromatic N) is 10. The van der Waals surface area contributed by atoms with Gasteiger partial charge in [0.05, 0.1) is 23.9 Å². The Balaban J connectivity index is 0.000000140. The highest BCUT2D eigenvalue weighted by molar-refractivity contribution is 9.10. The topological polar surface area (TPSA) is 257 Å². The number of pyridine rings is 7. The molecule has 25 nitrogen and oxygen atoms in total. The van der Waals surface area contributed by atoms with Crippen LogP contribution in [0.1, 0.15) is 45.4 Å². The van der Waals surface area contributed by atoms with E-state index in [2.05, 4.69) is 86.9 Å². The van der Waals surface area contributed by atoms with E-state index >= 15 is 0 Å². The Morgan fingerprint density at radius 1 is 0.374 bits per heavy atom. The quantitative estimate of drug-likeness (QED) is 0.0374. The van der Waals surface area contributed by atoms with Crippen molar-refractivity contribution in [1.82, 2.24) is 46.7 Å². The SMILES string of the molecule is CCCNc1ccc2c(=O)n(C)ccc2c1.CN(C)CCNc1ccc2c(=O)n(C)ccc2c1.CNc1cc2ccn(C)c(=O)c2cc1Br.CNc1cc2ccn(C)c(=O)c2cc1Cl.Cn1ccc2cc(NCC3CC3)ccc2c1=O.Cn1ccc2cc(NCCN3CCCCC3)ccc2c1=O.Cn1ccc2cc(NCCN3CCOCC3)ccc2c1=O. The molecule has 1 saturated carbocycles. The second-order valence-corrected chi connectivity index (χ2v) is 32.9. The summed E-state index contributed by atoms with van der Waals surface area (Å²) in [6.45, 7) is 16.1.